The zero-order valence-corrected chi connectivity index (χ0v) is 18.9. The fraction of sp³-hybridized carbons (Fsp3) is 0.0435. The molecular weight excluding hydrogens is 487 g/mol. The van der Waals surface area contributed by atoms with Crippen molar-refractivity contribution in [3.05, 3.63) is 93.1 Å². The molecule has 7 nitrogen and oxygen atoms in total. The van der Waals surface area contributed by atoms with Gasteiger partial charge in [0.25, 0.3) is 11.7 Å². The Hall–Kier alpha value is -3.39. The van der Waals surface area contributed by atoms with Crippen LogP contribution in [0.15, 0.2) is 65.4 Å². The van der Waals surface area contributed by atoms with Crippen molar-refractivity contribution in [2.24, 2.45) is 0 Å². The molecule has 3 heterocycles. The smallest absolute Gasteiger partial charge is 0.299 e. The van der Waals surface area contributed by atoms with Crippen molar-refractivity contribution in [1.29, 1.82) is 0 Å². The van der Waals surface area contributed by atoms with E-state index in [2.05, 4.69) is 15.1 Å². The molecule has 0 atom stereocenters. The molecule has 0 saturated heterocycles. The summed E-state index contributed by atoms with van der Waals surface area (Å²) >= 11 is 19.1. The molecule has 0 fully saturated rings. The molecule has 10 heteroatoms. The number of nitrogens with zero attached hydrogens (tertiary/aromatic N) is 4. The van der Waals surface area contributed by atoms with E-state index in [0.29, 0.717) is 26.5 Å². The monoisotopic (exact) mass is 498 g/mol. The summed E-state index contributed by atoms with van der Waals surface area (Å²) in [7, 11) is 0. The molecule has 1 N–H and O–H groups in total. The highest BCUT2D eigenvalue weighted by Gasteiger charge is 2.27. The zero-order valence-electron chi connectivity index (χ0n) is 16.7. The molecule has 0 aliphatic heterocycles. The highest BCUT2D eigenvalue weighted by Crippen LogP contribution is 2.35. The van der Waals surface area contributed by atoms with Crippen molar-refractivity contribution < 1.29 is 14.4 Å². The van der Waals surface area contributed by atoms with Crippen LogP contribution in [0.4, 0.5) is 0 Å². The first-order chi connectivity index (χ1) is 15.9. The van der Waals surface area contributed by atoms with Crippen LogP contribution in [0.1, 0.15) is 21.8 Å². The number of pyridine rings is 1. The minimum Gasteiger partial charge on any atom is -0.508 e. The molecule has 5 rings (SSSR count). The van der Waals surface area contributed by atoms with Gasteiger partial charge in [-0.2, -0.15) is 4.98 Å². The fourth-order valence-electron chi connectivity index (χ4n) is 3.54. The number of hydrogen-bond acceptors (Lipinski definition) is 6. The van der Waals surface area contributed by atoms with E-state index in [1.165, 1.54) is 12.1 Å². The molecule has 0 aliphatic rings. The second kappa shape index (κ2) is 8.51. The van der Waals surface area contributed by atoms with Gasteiger partial charge in [-0.3, -0.25) is 9.78 Å². The average molecular weight is 500 g/mol. The molecular formula is C23H13Cl3N4O3. The van der Waals surface area contributed by atoms with Crippen molar-refractivity contribution >= 4 is 51.5 Å². The molecule has 0 amide bonds. The first-order valence-corrected chi connectivity index (χ1v) is 10.8. The number of halogens is 3. The van der Waals surface area contributed by atoms with E-state index < -0.39 is 5.78 Å². The number of phenols is 1. The van der Waals surface area contributed by atoms with Crippen LogP contribution < -0.4 is 0 Å². The van der Waals surface area contributed by atoms with Gasteiger partial charge in [-0.1, -0.05) is 46.0 Å². The Morgan fingerprint density at radius 2 is 1.94 bits per heavy atom. The van der Waals surface area contributed by atoms with E-state index >= 15 is 0 Å². The van der Waals surface area contributed by atoms with E-state index in [0.717, 1.165) is 5.56 Å². The summed E-state index contributed by atoms with van der Waals surface area (Å²) in [5, 5.41) is 15.5. The maximum atomic E-state index is 13.4. The third-order valence-electron chi connectivity index (χ3n) is 5.09. The van der Waals surface area contributed by atoms with Gasteiger partial charge in [0.15, 0.2) is 0 Å². The summed E-state index contributed by atoms with van der Waals surface area (Å²) in [6.45, 7) is 0.272. The van der Waals surface area contributed by atoms with Crippen LogP contribution in [-0.4, -0.2) is 30.6 Å². The molecule has 164 valence electrons. The molecule has 0 unspecified atom stereocenters. The number of aromatic nitrogens is 4. The van der Waals surface area contributed by atoms with Gasteiger partial charge in [-0.05, 0) is 48.0 Å². The summed E-state index contributed by atoms with van der Waals surface area (Å²) < 4.78 is 6.94. The molecule has 0 saturated carbocycles. The molecule has 2 aromatic carbocycles. The number of ketones is 1. The van der Waals surface area contributed by atoms with Crippen LogP contribution in [0, 0.1) is 0 Å². The maximum Gasteiger partial charge on any atom is 0.299 e. The summed E-state index contributed by atoms with van der Waals surface area (Å²) in [5.41, 5.74) is 2.11. The van der Waals surface area contributed by atoms with Gasteiger partial charge in [0.1, 0.15) is 10.9 Å². The lowest BCUT2D eigenvalue weighted by Crippen LogP contribution is -2.04. The van der Waals surface area contributed by atoms with Crippen LogP contribution in [0.3, 0.4) is 0 Å². The van der Waals surface area contributed by atoms with Crippen molar-refractivity contribution in [3.63, 3.8) is 0 Å². The summed E-state index contributed by atoms with van der Waals surface area (Å²) in [4.78, 5) is 21.6. The lowest BCUT2D eigenvalue weighted by Gasteiger charge is -2.09. The van der Waals surface area contributed by atoms with E-state index in [1.54, 1.807) is 53.4 Å². The van der Waals surface area contributed by atoms with Gasteiger partial charge in [0, 0.05) is 33.4 Å². The molecule has 0 spiro atoms. The van der Waals surface area contributed by atoms with Gasteiger partial charge < -0.3 is 14.2 Å². The summed E-state index contributed by atoms with van der Waals surface area (Å²) in [5.74, 6) is -0.597. The van der Waals surface area contributed by atoms with Crippen molar-refractivity contribution in [1.82, 2.24) is 19.7 Å². The largest absolute Gasteiger partial charge is 0.508 e. The van der Waals surface area contributed by atoms with Gasteiger partial charge in [0.05, 0.1) is 17.6 Å². The Balaban J connectivity index is 1.61. The lowest BCUT2D eigenvalue weighted by molar-refractivity contribution is 0.0995. The molecule has 3 aromatic heterocycles. The second-order valence-electron chi connectivity index (χ2n) is 7.18. The summed E-state index contributed by atoms with van der Waals surface area (Å²) in [6, 6.07) is 13.3. The highest BCUT2D eigenvalue weighted by atomic mass is 35.5. The predicted octanol–water partition coefficient (Wildman–Crippen LogP) is 6.03. The number of phenolic OH excluding ortho intramolecular Hbond substituents is 1. The van der Waals surface area contributed by atoms with E-state index in [1.807, 2.05) is 0 Å². The third kappa shape index (κ3) is 3.95. The minimum atomic E-state index is -0.570. The van der Waals surface area contributed by atoms with E-state index in [4.69, 9.17) is 39.3 Å². The lowest BCUT2D eigenvalue weighted by atomic mass is 10.1. The number of carbonyl (C=O) groups excluding carboxylic acids is 1. The molecule has 0 bridgehead atoms. The maximum absolute atomic E-state index is 13.4. The normalized spacial score (nSPS) is 11.2. The topological polar surface area (TPSA) is 94.0 Å². The van der Waals surface area contributed by atoms with Crippen LogP contribution in [-0.2, 0) is 6.54 Å². The first kappa shape index (κ1) is 21.5. The van der Waals surface area contributed by atoms with Crippen LogP contribution in [0.5, 0.6) is 5.75 Å². The fourth-order valence-corrected chi connectivity index (χ4v) is 4.34. The van der Waals surface area contributed by atoms with Gasteiger partial charge >= 0.3 is 0 Å². The van der Waals surface area contributed by atoms with Crippen LogP contribution in [0.25, 0.3) is 22.3 Å². The van der Waals surface area contributed by atoms with Crippen molar-refractivity contribution in [3.8, 4) is 17.1 Å². The van der Waals surface area contributed by atoms with Crippen LogP contribution in [0.2, 0.25) is 15.2 Å². The molecule has 33 heavy (non-hydrogen) atoms. The first-order valence-electron chi connectivity index (χ1n) is 9.66. The Kier molecular flexibility index (Phi) is 5.54. The SMILES string of the molecule is O=C(c1nc(-c2cccnc2)no1)c1c(Cl)n(Cc2ccc(Cl)cc2Cl)c2ccc(O)cc12. The number of benzene rings is 2. The Morgan fingerprint density at radius 1 is 1.09 bits per heavy atom. The second-order valence-corrected chi connectivity index (χ2v) is 8.38. The Bertz CT molecular complexity index is 1510. The standard InChI is InChI=1S/C23H13Cl3N4O3/c24-14-4-3-13(17(25)8-14)11-30-18-6-5-15(31)9-16(18)19(21(30)26)20(32)23-28-22(29-33-23)12-2-1-7-27-10-12/h1-10,31H,11H2. The van der Waals surface area contributed by atoms with Crippen LogP contribution >= 0.6 is 34.8 Å². The average Bonchev–Trinajstić information content (AvgIpc) is 3.39. The number of aromatic hydroxyl groups is 1. The number of fused-ring (bicyclic) bond motifs is 1. The zero-order chi connectivity index (χ0) is 23.1. The number of carbonyl (C=O) groups is 1. The van der Waals surface area contributed by atoms with Gasteiger partial charge in [0.2, 0.25) is 5.82 Å². The summed E-state index contributed by atoms with van der Waals surface area (Å²) in [6.07, 6.45) is 3.18. The Labute approximate surface area is 202 Å². The number of hydrogen-bond donors (Lipinski definition) is 1. The quantitative estimate of drug-likeness (QED) is 0.297. The Morgan fingerprint density at radius 3 is 2.70 bits per heavy atom. The van der Waals surface area contributed by atoms with Gasteiger partial charge in [-0.15, -0.1) is 0 Å². The van der Waals surface area contributed by atoms with Gasteiger partial charge in [-0.25, -0.2) is 0 Å². The number of rotatable bonds is 5. The van der Waals surface area contributed by atoms with E-state index in [9.17, 15) is 9.90 Å². The molecule has 5 aromatic rings. The minimum absolute atomic E-state index is 0.0172. The van der Waals surface area contributed by atoms with Crippen molar-refractivity contribution in [2.45, 2.75) is 6.54 Å². The third-order valence-corrected chi connectivity index (χ3v) is 6.07. The predicted molar refractivity (Wildman–Crippen MR) is 125 cm³/mol. The van der Waals surface area contributed by atoms with Crippen molar-refractivity contribution in [2.75, 3.05) is 0 Å². The molecule has 0 aliphatic carbocycles. The highest BCUT2D eigenvalue weighted by molar-refractivity contribution is 6.37. The van der Waals surface area contributed by atoms with E-state index in [-0.39, 0.29) is 34.7 Å². The molecule has 0 radical (unpaired) electrons.